The third kappa shape index (κ3) is 6.99. The van der Waals surface area contributed by atoms with Crippen molar-refractivity contribution in [3.05, 3.63) is 71.6 Å². The van der Waals surface area contributed by atoms with Crippen molar-refractivity contribution >= 4 is 35.2 Å². The molecule has 27 heavy (non-hydrogen) atoms. The van der Waals surface area contributed by atoms with E-state index in [1.54, 1.807) is 43.8 Å². The molecule has 0 bridgehead atoms. The lowest BCUT2D eigenvalue weighted by molar-refractivity contribution is -0.142. The van der Waals surface area contributed by atoms with Crippen LogP contribution in [0.1, 0.15) is 10.4 Å². The first-order chi connectivity index (χ1) is 13.0. The molecule has 2 aromatic carbocycles. The van der Waals surface area contributed by atoms with Crippen molar-refractivity contribution in [2.45, 2.75) is 4.90 Å². The number of hydrogen-bond donors (Lipinski definition) is 1. The smallest absolute Gasteiger partial charge is 0.331 e. The van der Waals surface area contributed by atoms with E-state index < -0.39 is 18.5 Å². The van der Waals surface area contributed by atoms with Crippen molar-refractivity contribution in [2.24, 2.45) is 0 Å². The van der Waals surface area contributed by atoms with Crippen molar-refractivity contribution in [1.29, 1.82) is 0 Å². The number of carbonyl (C=O) groups is 3. The fourth-order valence-corrected chi connectivity index (χ4v) is 2.65. The highest BCUT2D eigenvalue weighted by atomic mass is 32.2. The molecule has 2 rings (SSSR count). The van der Waals surface area contributed by atoms with E-state index in [0.29, 0.717) is 11.3 Å². The number of rotatable bonds is 7. The fourth-order valence-electron chi connectivity index (χ4n) is 2.00. The third-order valence-corrected chi connectivity index (χ3v) is 4.14. The second kappa shape index (κ2) is 10.2. The van der Waals surface area contributed by atoms with Gasteiger partial charge < -0.3 is 15.0 Å². The Bertz CT molecular complexity index is 818. The van der Waals surface area contributed by atoms with E-state index in [1.165, 1.54) is 22.7 Å². The first-order valence-electron chi connectivity index (χ1n) is 8.12. The van der Waals surface area contributed by atoms with Gasteiger partial charge in [-0.1, -0.05) is 30.0 Å². The number of hydrogen-bond acceptors (Lipinski definition) is 5. The molecule has 0 atom stereocenters. The Labute approximate surface area is 162 Å². The van der Waals surface area contributed by atoms with Crippen molar-refractivity contribution in [1.82, 2.24) is 4.90 Å². The van der Waals surface area contributed by atoms with Crippen molar-refractivity contribution < 1.29 is 19.1 Å². The summed E-state index contributed by atoms with van der Waals surface area (Å²) in [6.45, 7) is -0.391. The monoisotopic (exact) mass is 384 g/mol. The van der Waals surface area contributed by atoms with E-state index >= 15 is 0 Å². The Morgan fingerprint density at radius 2 is 1.70 bits per heavy atom. The summed E-state index contributed by atoms with van der Waals surface area (Å²) in [5, 5.41) is 4.21. The zero-order chi connectivity index (χ0) is 19.6. The van der Waals surface area contributed by atoms with Crippen LogP contribution in [0.5, 0.6) is 0 Å². The maximum absolute atomic E-state index is 11.8. The van der Waals surface area contributed by atoms with Gasteiger partial charge in [0.1, 0.15) is 0 Å². The average molecular weight is 384 g/mol. The Balaban J connectivity index is 1.75. The maximum Gasteiger partial charge on any atom is 0.331 e. The molecule has 2 amide bonds. The fraction of sp³-hybridized carbons (Fsp3) is 0.150. The van der Waals surface area contributed by atoms with Gasteiger partial charge in [0.2, 0.25) is 0 Å². The van der Waals surface area contributed by atoms with Crippen LogP contribution in [0.3, 0.4) is 0 Å². The van der Waals surface area contributed by atoms with Gasteiger partial charge in [-0.05, 0) is 41.8 Å². The molecule has 2 aromatic rings. The molecule has 6 nitrogen and oxygen atoms in total. The number of thioether (sulfide) groups is 1. The first kappa shape index (κ1) is 20.3. The molecule has 0 spiro atoms. The van der Waals surface area contributed by atoms with Gasteiger partial charge in [0.05, 0.1) is 0 Å². The van der Waals surface area contributed by atoms with Crippen LogP contribution in [0.2, 0.25) is 0 Å². The molecule has 0 unspecified atom stereocenters. The van der Waals surface area contributed by atoms with Crippen molar-refractivity contribution in [2.75, 3.05) is 26.0 Å². The largest absolute Gasteiger partial charge is 0.452 e. The van der Waals surface area contributed by atoms with Crippen molar-refractivity contribution in [3.8, 4) is 0 Å². The van der Waals surface area contributed by atoms with Crippen LogP contribution < -0.4 is 5.32 Å². The lowest BCUT2D eigenvalue weighted by Crippen LogP contribution is -2.22. The predicted octanol–water partition coefficient (Wildman–Crippen LogP) is 3.18. The first-order valence-corrected chi connectivity index (χ1v) is 9.00. The molecule has 0 aromatic heterocycles. The van der Waals surface area contributed by atoms with E-state index in [4.69, 9.17) is 4.74 Å². The maximum atomic E-state index is 11.8. The molecule has 140 valence electrons. The summed E-state index contributed by atoms with van der Waals surface area (Å²) in [5.41, 5.74) is 1.03. The highest BCUT2D eigenvalue weighted by Crippen LogP contribution is 2.17. The van der Waals surface area contributed by atoms with Gasteiger partial charge in [-0.15, -0.1) is 0 Å². The third-order valence-electron chi connectivity index (χ3n) is 3.32. The molecule has 0 saturated carbocycles. The van der Waals surface area contributed by atoms with Crippen LogP contribution in [-0.4, -0.2) is 43.4 Å². The number of carbonyl (C=O) groups excluding carboxylic acids is 3. The minimum Gasteiger partial charge on any atom is -0.452 e. The standard InChI is InChI=1S/C20H20N2O4S/c1-22(2)20(25)15-8-10-16(11-9-15)21-18(23)14-26-19(24)12-13-27-17-6-4-3-5-7-17/h3-13H,14H2,1-2H3,(H,21,23)/b13-12+. The average Bonchev–Trinajstić information content (AvgIpc) is 2.67. The Hall–Kier alpha value is -3.06. The minimum absolute atomic E-state index is 0.123. The SMILES string of the molecule is CN(C)C(=O)c1ccc(NC(=O)COC(=O)/C=C/Sc2ccccc2)cc1. The highest BCUT2D eigenvalue weighted by Gasteiger charge is 2.09. The van der Waals surface area contributed by atoms with E-state index in [9.17, 15) is 14.4 Å². The van der Waals surface area contributed by atoms with Crippen LogP contribution in [0, 0.1) is 0 Å². The molecular weight excluding hydrogens is 364 g/mol. The van der Waals surface area contributed by atoms with Crippen LogP contribution in [0.25, 0.3) is 0 Å². The van der Waals surface area contributed by atoms with Gasteiger partial charge in [-0.3, -0.25) is 9.59 Å². The summed E-state index contributed by atoms with van der Waals surface area (Å²) in [5.74, 6) is -1.18. The van der Waals surface area contributed by atoms with Gasteiger partial charge in [-0.2, -0.15) is 0 Å². The summed E-state index contributed by atoms with van der Waals surface area (Å²) < 4.78 is 4.90. The van der Waals surface area contributed by atoms with E-state index in [0.717, 1.165) is 4.90 Å². The number of nitrogens with one attached hydrogen (secondary N) is 1. The quantitative estimate of drug-likeness (QED) is 0.451. The van der Waals surface area contributed by atoms with Crippen LogP contribution in [0.4, 0.5) is 5.69 Å². The molecule has 0 aliphatic carbocycles. The zero-order valence-corrected chi connectivity index (χ0v) is 15.9. The van der Waals surface area contributed by atoms with Gasteiger partial charge in [0.15, 0.2) is 6.61 Å². The molecule has 1 N–H and O–H groups in total. The molecule has 0 saturated heterocycles. The summed E-state index contributed by atoms with van der Waals surface area (Å²) >= 11 is 1.38. The molecular formula is C20H20N2O4S. The van der Waals surface area contributed by atoms with E-state index in [-0.39, 0.29) is 5.91 Å². The minimum atomic E-state index is -0.597. The van der Waals surface area contributed by atoms with E-state index in [2.05, 4.69) is 5.32 Å². The topological polar surface area (TPSA) is 75.7 Å². The van der Waals surface area contributed by atoms with Crippen molar-refractivity contribution in [3.63, 3.8) is 0 Å². The Kier molecular flexibility index (Phi) is 7.63. The molecule has 0 heterocycles. The number of amides is 2. The molecule has 0 aliphatic rings. The highest BCUT2D eigenvalue weighted by molar-refractivity contribution is 8.02. The van der Waals surface area contributed by atoms with Gasteiger partial charge in [0.25, 0.3) is 11.8 Å². The molecule has 0 radical (unpaired) electrons. The number of esters is 1. The molecule has 7 heteroatoms. The number of ether oxygens (including phenoxy) is 1. The summed E-state index contributed by atoms with van der Waals surface area (Å²) in [6.07, 6.45) is 1.27. The lowest BCUT2D eigenvalue weighted by atomic mass is 10.2. The van der Waals surface area contributed by atoms with Crippen LogP contribution in [-0.2, 0) is 14.3 Å². The van der Waals surface area contributed by atoms with Gasteiger partial charge in [0, 0.05) is 36.3 Å². The second-order valence-electron chi connectivity index (χ2n) is 5.67. The van der Waals surface area contributed by atoms with Gasteiger partial charge in [-0.25, -0.2) is 4.79 Å². The Morgan fingerprint density at radius 1 is 1.04 bits per heavy atom. The summed E-state index contributed by atoms with van der Waals surface area (Å²) in [6, 6.07) is 16.0. The summed E-state index contributed by atoms with van der Waals surface area (Å²) in [4.78, 5) is 37.7. The lowest BCUT2D eigenvalue weighted by Gasteiger charge is -2.11. The van der Waals surface area contributed by atoms with Crippen LogP contribution in [0.15, 0.2) is 71.0 Å². The predicted molar refractivity (Wildman–Crippen MR) is 105 cm³/mol. The van der Waals surface area contributed by atoms with Crippen LogP contribution >= 0.6 is 11.8 Å². The summed E-state index contributed by atoms with van der Waals surface area (Å²) in [7, 11) is 3.33. The van der Waals surface area contributed by atoms with Gasteiger partial charge >= 0.3 is 5.97 Å². The molecule has 0 fully saturated rings. The Morgan fingerprint density at radius 3 is 2.33 bits per heavy atom. The number of anilines is 1. The zero-order valence-electron chi connectivity index (χ0n) is 15.0. The molecule has 0 aliphatic heterocycles. The number of benzene rings is 2. The second-order valence-corrected chi connectivity index (χ2v) is 6.65. The number of nitrogens with zero attached hydrogens (tertiary/aromatic N) is 1. The van der Waals surface area contributed by atoms with E-state index in [1.807, 2.05) is 30.3 Å². The normalized spacial score (nSPS) is 10.4.